The molecular formula is C19H26N4O5. The van der Waals surface area contributed by atoms with Crippen LogP contribution in [-0.4, -0.2) is 60.3 Å². The zero-order valence-electron chi connectivity index (χ0n) is 16.4. The number of hydrogen-bond acceptors (Lipinski definition) is 7. The molecule has 2 atom stereocenters. The minimum Gasteiger partial charge on any atom is -0.493 e. The predicted molar refractivity (Wildman–Crippen MR) is 104 cm³/mol. The number of methoxy groups -OCH3 is 2. The van der Waals surface area contributed by atoms with Crippen molar-refractivity contribution < 1.29 is 19.0 Å². The number of hydrogen-bond donors (Lipinski definition) is 2. The summed E-state index contributed by atoms with van der Waals surface area (Å²) in [5.41, 5.74) is 5.79. The van der Waals surface area contributed by atoms with Crippen LogP contribution in [0.25, 0.3) is 10.9 Å². The lowest BCUT2D eigenvalue weighted by Crippen LogP contribution is -2.39. The SMILES string of the molecule is CCN(Cc1nc2cc(OC)c(OC)cc2c(=O)[nH]1)C(=O)[C@@H]1CC[C@H](CN)O1. The molecule has 0 unspecified atom stereocenters. The first-order valence-corrected chi connectivity index (χ1v) is 9.29. The Morgan fingerprint density at radius 1 is 1.32 bits per heavy atom. The van der Waals surface area contributed by atoms with Crippen LogP contribution in [0.15, 0.2) is 16.9 Å². The van der Waals surface area contributed by atoms with E-state index in [0.29, 0.717) is 47.7 Å². The molecule has 9 nitrogen and oxygen atoms in total. The number of ether oxygens (including phenoxy) is 3. The molecule has 0 bridgehead atoms. The van der Waals surface area contributed by atoms with Crippen LogP contribution in [0.2, 0.25) is 0 Å². The van der Waals surface area contributed by atoms with Gasteiger partial charge in [0.25, 0.3) is 11.5 Å². The second kappa shape index (κ2) is 8.57. The standard InChI is InChI=1S/C19H26N4O5/c1-4-23(19(25)14-6-5-11(9-20)28-14)10-17-21-13-8-16(27-3)15(26-2)7-12(13)18(24)22-17/h7-8,11,14H,4-6,9-10,20H2,1-3H3,(H,21,22,24)/t11-,14+/m1/s1. The number of likely N-dealkylation sites (N-methyl/N-ethyl adjacent to an activating group) is 1. The average molecular weight is 390 g/mol. The second-order valence-corrected chi connectivity index (χ2v) is 6.65. The molecule has 1 aliphatic heterocycles. The van der Waals surface area contributed by atoms with Crippen LogP contribution in [0.1, 0.15) is 25.6 Å². The van der Waals surface area contributed by atoms with E-state index in [1.165, 1.54) is 14.2 Å². The lowest BCUT2D eigenvalue weighted by atomic mass is 10.1. The quantitative estimate of drug-likeness (QED) is 0.717. The summed E-state index contributed by atoms with van der Waals surface area (Å²) in [4.78, 5) is 34.2. The van der Waals surface area contributed by atoms with E-state index in [9.17, 15) is 9.59 Å². The van der Waals surface area contributed by atoms with Crippen molar-refractivity contribution in [2.75, 3.05) is 27.3 Å². The number of rotatable bonds is 7. The van der Waals surface area contributed by atoms with Crippen molar-refractivity contribution in [3.05, 3.63) is 28.3 Å². The van der Waals surface area contributed by atoms with Crippen molar-refractivity contribution in [3.8, 4) is 11.5 Å². The number of aromatic nitrogens is 2. The van der Waals surface area contributed by atoms with Crippen molar-refractivity contribution in [1.82, 2.24) is 14.9 Å². The van der Waals surface area contributed by atoms with E-state index < -0.39 is 6.10 Å². The van der Waals surface area contributed by atoms with Crippen molar-refractivity contribution in [1.29, 1.82) is 0 Å². The Morgan fingerprint density at radius 2 is 2.04 bits per heavy atom. The van der Waals surface area contributed by atoms with Crippen LogP contribution in [-0.2, 0) is 16.1 Å². The minimum atomic E-state index is -0.495. The van der Waals surface area contributed by atoms with Gasteiger partial charge in [0.15, 0.2) is 11.5 Å². The molecular weight excluding hydrogens is 364 g/mol. The zero-order chi connectivity index (χ0) is 20.3. The van der Waals surface area contributed by atoms with E-state index in [1.54, 1.807) is 17.0 Å². The number of H-pyrrole nitrogens is 1. The Morgan fingerprint density at radius 3 is 2.64 bits per heavy atom. The third-order valence-electron chi connectivity index (χ3n) is 4.94. The number of nitrogens with two attached hydrogens (primary N) is 1. The van der Waals surface area contributed by atoms with E-state index in [-0.39, 0.29) is 24.1 Å². The van der Waals surface area contributed by atoms with Crippen molar-refractivity contribution in [3.63, 3.8) is 0 Å². The van der Waals surface area contributed by atoms with Crippen LogP contribution in [0.3, 0.4) is 0 Å². The van der Waals surface area contributed by atoms with E-state index >= 15 is 0 Å². The molecule has 1 fully saturated rings. The molecule has 0 spiro atoms. The van der Waals surface area contributed by atoms with Crippen LogP contribution >= 0.6 is 0 Å². The number of fused-ring (bicyclic) bond motifs is 1. The summed E-state index contributed by atoms with van der Waals surface area (Å²) in [6.45, 7) is 2.93. The van der Waals surface area contributed by atoms with E-state index in [1.807, 2.05) is 6.92 Å². The van der Waals surface area contributed by atoms with E-state index in [2.05, 4.69) is 9.97 Å². The Kier molecular flexibility index (Phi) is 6.15. The van der Waals surface area contributed by atoms with Gasteiger partial charge in [-0.3, -0.25) is 9.59 Å². The van der Waals surface area contributed by atoms with Crippen LogP contribution in [0.4, 0.5) is 0 Å². The maximum absolute atomic E-state index is 12.8. The molecule has 2 aromatic rings. The second-order valence-electron chi connectivity index (χ2n) is 6.65. The molecule has 2 heterocycles. The predicted octanol–water partition coefficient (Wildman–Crippen LogP) is 0.795. The van der Waals surface area contributed by atoms with E-state index in [4.69, 9.17) is 19.9 Å². The molecule has 28 heavy (non-hydrogen) atoms. The number of amides is 1. The molecule has 0 radical (unpaired) electrons. The summed E-state index contributed by atoms with van der Waals surface area (Å²) in [6.07, 6.45) is 0.853. The summed E-state index contributed by atoms with van der Waals surface area (Å²) in [5.74, 6) is 1.21. The summed E-state index contributed by atoms with van der Waals surface area (Å²) in [5, 5.41) is 0.390. The molecule has 3 N–H and O–H groups in total. The molecule has 9 heteroatoms. The van der Waals surface area contributed by atoms with Gasteiger partial charge in [-0.05, 0) is 25.8 Å². The van der Waals surface area contributed by atoms with Gasteiger partial charge in [0.2, 0.25) is 0 Å². The fraction of sp³-hybridized carbons (Fsp3) is 0.526. The Balaban J connectivity index is 1.86. The largest absolute Gasteiger partial charge is 0.493 e. The third-order valence-corrected chi connectivity index (χ3v) is 4.94. The monoisotopic (exact) mass is 390 g/mol. The lowest BCUT2D eigenvalue weighted by Gasteiger charge is -2.24. The van der Waals surface area contributed by atoms with Gasteiger partial charge in [-0.15, -0.1) is 0 Å². The number of benzene rings is 1. The number of nitrogens with zero attached hydrogens (tertiary/aromatic N) is 2. The Hall–Kier alpha value is -2.65. The lowest BCUT2D eigenvalue weighted by molar-refractivity contribution is -0.143. The van der Waals surface area contributed by atoms with E-state index in [0.717, 1.165) is 6.42 Å². The van der Waals surface area contributed by atoms with Gasteiger partial charge in [-0.25, -0.2) is 4.98 Å². The molecule has 0 saturated carbocycles. The zero-order valence-corrected chi connectivity index (χ0v) is 16.4. The minimum absolute atomic E-state index is 0.0753. The van der Waals surface area contributed by atoms with Crippen molar-refractivity contribution >= 4 is 16.8 Å². The molecule has 0 aliphatic carbocycles. The first kappa shape index (κ1) is 20.1. The topological polar surface area (TPSA) is 120 Å². The van der Waals surface area contributed by atoms with Crippen molar-refractivity contribution in [2.45, 2.75) is 38.5 Å². The highest BCUT2D eigenvalue weighted by atomic mass is 16.5. The number of carbonyl (C=O) groups excluding carboxylic acids is 1. The van der Waals surface area contributed by atoms with Crippen molar-refractivity contribution in [2.24, 2.45) is 5.73 Å². The maximum Gasteiger partial charge on any atom is 0.258 e. The molecule has 1 amide bonds. The first-order chi connectivity index (χ1) is 13.5. The summed E-state index contributed by atoms with van der Waals surface area (Å²) >= 11 is 0. The number of nitrogens with one attached hydrogen (secondary N) is 1. The average Bonchev–Trinajstić information content (AvgIpc) is 3.19. The van der Waals surface area contributed by atoms with Gasteiger partial charge in [-0.2, -0.15) is 0 Å². The van der Waals surface area contributed by atoms with Crippen LogP contribution in [0.5, 0.6) is 11.5 Å². The fourth-order valence-corrected chi connectivity index (χ4v) is 3.38. The van der Waals surface area contributed by atoms with Gasteiger partial charge >= 0.3 is 0 Å². The normalized spacial score (nSPS) is 19.0. The number of aromatic amines is 1. The molecule has 1 saturated heterocycles. The maximum atomic E-state index is 12.8. The molecule has 152 valence electrons. The van der Waals surface area contributed by atoms with Crippen LogP contribution < -0.4 is 20.8 Å². The molecule has 1 aromatic carbocycles. The smallest absolute Gasteiger partial charge is 0.258 e. The Bertz CT molecular complexity index is 913. The molecule has 1 aromatic heterocycles. The summed E-state index contributed by atoms with van der Waals surface area (Å²) in [7, 11) is 3.02. The molecule has 3 rings (SSSR count). The highest BCUT2D eigenvalue weighted by molar-refractivity contribution is 5.82. The van der Waals surface area contributed by atoms with Crippen LogP contribution in [0, 0.1) is 0 Å². The highest BCUT2D eigenvalue weighted by Crippen LogP contribution is 2.30. The highest BCUT2D eigenvalue weighted by Gasteiger charge is 2.32. The van der Waals surface area contributed by atoms with Gasteiger partial charge in [0.05, 0.1) is 37.8 Å². The summed E-state index contributed by atoms with van der Waals surface area (Å²) in [6, 6.07) is 3.24. The fourth-order valence-electron chi connectivity index (χ4n) is 3.38. The summed E-state index contributed by atoms with van der Waals surface area (Å²) < 4.78 is 16.2. The first-order valence-electron chi connectivity index (χ1n) is 9.29. The molecule has 1 aliphatic rings. The van der Waals surface area contributed by atoms with Gasteiger partial charge < -0.3 is 29.8 Å². The number of carbonyl (C=O) groups is 1. The van der Waals surface area contributed by atoms with Gasteiger partial charge in [0, 0.05) is 19.2 Å². The van der Waals surface area contributed by atoms with Gasteiger partial charge in [-0.1, -0.05) is 0 Å². The third kappa shape index (κ3) is 3.95. The van der Waals surface area contributed by atoms with Gasteiger partial charge in [0.1, 0.15) is 11.9 Å². The Labute approximate surface area is 162 Å².